The number of benzene rings is 4. The first-order valence-electron chi connectivity index (χ1n) is 12.1. The van der Waals surface area contributed by atoms with Crippen LogP contribution in [0.1, 0.15) is 10.4 Å². The highest BCUT2D eigenvalue weighted by molar-refractivity contribution is 8.00. The molecule has 4 aromatic rings. The van der Waals surface area contributed by atoms with E-state index in [4.69, 9.17) is 0 Å². The summed E-state index contributed by atoms with van der Waals surface area (Å²) in [4.78, 5) is 29.5. The third-order valence-corrected chi connectivity index (χ3v) is 6.54. The third kappa shape index (κ3) is 7.08. The molecule has 0 aliphatic heterocycles. The van der Waals surface area contributed by atoms with Crippen LogP contribution in [-0.4, -0.2) is 45.0 Å². The number of nitrogens with one attached hydrogen (secondary N) is 3. The SMILES string of the molecule is CN(C)C(=O)c1cccc(-c2cccc(SNc3cccc(NC(=O)Nc4cccc(N(C)C)c4)c3)c2)c1. The van der Waals surface area contributed by atoms with Crippen LogP contribution in [0.2, 0.25) is 0 Å². The van der Waals surface area contributed by atoms with Crippen molar-refractivity contribution in [2.24, 2.45) is 0 Å². The zero-order valence-corrected chi connectivity index (χ0v) is 22.7. The van der Waals surface area contributed by atoms with Gasteiger partial charge < -0.3 is 25.2 Å². The molecule has 0 radical (unpaired) electrons. The lowest BCUT2D eigenvalue weighted by Crippen LogP contribution is -2.21. The highest BCUT2D eigenvalue weighted by atomic mass is 32.2. The minimum absolute atomic E-state index is 0.0247. The number of amides is 3. The van der Waals surface area contributed by atoms with Crippen LogP contribution in [0.15, 0.2) is 102 Å². The standard InChI is InChI=1S/C30H31N5O2S/c1-34(2)27-15-8-13-25(20-27)32-30(37)31-24-12-7-14-26(19-24)33-38-28-16-6-10-22(18-28)21-9-5-11-23(17-21)29(36)35(3)4/h5-20,33H,1-4H3,(H2,31,32,37). The first-order chi connectivity index (χ1) is 18.3. The summed E-state index contributed by atoms with van der Waals surface area (Å²) in [6.45, 7) is 0. The molecule has 4 aromatic carbocycles. The zero-order valence-electron chi connectivity index (χ0n) is 21.9. The van der Waals surface area contributed by atoms with Gasteiger partial charge in [0.25, 0.3) is 5.91 Å². The smallest absolute Gasteiger partial charge is 0.323 e. The van der Waals surface area contributed by atoms with Gasteiger partial charge in [-0.15, -0.1) is 0 Å². The summed E-state index contributed by atoms with van der Waals surface area (Å²) in [5.41, 5.74) is 5.91. The molecule has 0 saturated heterocycles. The van der Waals surface area contributed by atoms with Gasteiger partial charge in [0.15, 0.2) is 0 Å². The average molecular weight is 526 g/mol. The van der Waals surface area contributed by atoms with Gasteiger partial charge in [0, 0.05) is 61.4 Å². The fourth-order valence-corrected chi connectivity index (χ4v) is 4.46. The molecule has 7 nitrogen and oxygen atoms in total. The topological polar surface area (TPSA) is 76.7 Å². The van der Waals surface area contributed by atoms with E-state index in [1.807, 2.05) is 110 Å². The molecular formula is C30H31N5O2S. The molecule has 8 heteroatoms. The van der Waals surface area contributed by atoms with Crippen molar-refractivity contribution in [3.63, 3.8) is 0 Å². The quantitative estimate of drug-likeness (QED) is 0.219. The van der Waals surface area contributed by atoms with Crippen molar-refractivity contribution in [2.45, 2.75) is 4.90 Å². The van der Waals surface area contributed by atoms with Gasteiger partial charge in [-0.25, -0.2) is 4.79 Å². The van der Waals surface area contributed by atoms with E-state index in [0.717, 1.165) is 33.1 Å². The second-order valence-corrected chi connectivity index (χ2v) is 10.00. The Morgan fingerprint density at radius 3 is 1.97 bits per heavy atom. The predicted octanol–water partition coefficient (Wildman–Crippen LogP) is 6.88. The minimum Gasteiger partial charge on any atom is -0.378 e. The van der Waals surface area contributed by atoms with E-state index in [2.05, 4.69) is 21.4 Å². The van der Waals surface area contributed by atoms with Crippen LogP contribution in [0.25, 0.3) is 11.1 Å². The molecule has 194 valence electrons. The number of hydrogen-bond donors (Lipinski definition) is 3. The Hall–Kier alpha value is -4.43. The number of rotatable bonds is 8. The summed E-state index contributed by atoms with van der Waals surface area (Å²) < 4.78 is 3.35. The molecule has 0 bridgehead atoms. The van der Waals surface area contributed by atoms with Gasteiger partial charge in [0.2, 0.25) is 0 Å². The monoisotopic (exact) mass is 525 g/mol. The molecular weight excluding hydrogens is 494 g/mol. The molecule has 0 heterocycles. The maximum Gasteiger partial charge on any atom is 0.323 e. The number of carbonyl (C=O) groups excluding carboxylic acids is 2. The lowest BCUT2D eigenvalue weighted by Gasteiger charge is -2.14. The summed E-state index contributed by atoms with van der Waals surface area (Å²) in [6, 6.07) is 30.6. The summed E-state index contributed by atoms with van der Waals surface area (Å²) in [5, 5.41) is 5.76. The fourth-order valence-electron chi connectivity index (χ4n) is 3.76. The Balaban J connectivity index is 1.39. The van der Waals surface area contributed by atoms with Crippen molar-refractivity contribution in [3.05, 3.63) is 103 Å². The van der Waals surface area contributed by atoms with Crippen molar-refractivity contribution >= 4 is 46.6 Å². The van der Waals surface area contributed by atoms with Crippen LogP contribution in [0.4, 0.5) is 27.5 Å². The minimum atomic E-state index is -0.312. The molecule has 0 aliphatic carbocycles. The van der Waals surface area contributed by atoms with E-state index in [1.165, 1.54) is 11.9 Å². The molecule has 0 aliphatic rings. The summed E-state index contributed by atoms with van der Waals surface area (Å²) in [7, 11) is 7.41. The predicted molar refractivity (Wildman–Crippen MR) is 159 cm³/mol. The van der Waals surface area contributed by atoms with Crippen LogP contribution in [0, 0.1) is 0 Å². The fraction of sp³-hybridized carbons (Fsp3) is 0.133. The Bertz CT molecular complexity index is 1440. The van der Waals surface area contributed by atoms with Crippen LogP contribution in [0.3, 0.4) is 0 Å². The first-order valence-corrected chi connectivity index (χ1v) is 12.9. The molecule has 38 heavy (non-hydrogen) atoms. The number of hydrogen-bond acceptors (Lipinski definition) is 5. The Kier molecular flexibility index (Phi) is 8.55. The number of nitrogens with zero attached hydrogens (tertiary/aromatic N) is 2. The van der Waals surface area contributed by atoms with Gasteiger partial charge in [-0.3, -0.25) is 4.79 Å². The van der Waals surface area contributed by atoms with Gasteiger partial charge in [-0.1, -0.05) is 36.4 Å². The average Bonchev–Trinajstić information content (AvgIpc) is 2.92. The van der Waals surface area contributed by atoms with Crippen LogP contribution in [-0.2, 0) is 0 Å². The van der Waals surface area contributed by atoms with Gasteiger partial charge in [-0.2, -0.15) is 0 Å². The number of urea groups is 1. The second kappa shape index (κ2) is 12.2. The number of anilines is 4. The molecule has 0 fully saturated rings. The van der Waals surface area contributed by atoms with Crippen LogP contribution < -0.4 is 20.3 Å². The Labute approximate surface area is 228 Å². The normalized spacial score (nSPS) is 10.4. The zero-order chi connectivity index (χ0) is 27.1. The molecule has 0 unspecified atom stereocenters. The van der Waals surface area contributed by atoms with Crippen LogP contribution in [0.5, 0.6) is 0 Å². The molecule has 0 atom stereocenters. The van der Waals surface area contributed by atoms with Crippen molar-refractivity contribution in [1.82, 2.24) is 4.90 Å². The highest BCUT2D eigenvalue weighted by Crippen LogP contribution is 2.28. The first kappa shape index (κ1) is 26.6. The summed E-state index contributed by atoms with van der Waals surface area (Å²) >= 11 is 1.47. The van der Waals surface area contributed by atoms with E-state index in [-0.39, 0.29) is 11.9 Å². The van der Waals surface area contributed by atoms with Crippen molar-refractivity contribution < 1.29 is 9.59 Å². The maximum atomic E-state index is 12.5. The number of carbonyl (C=O) groups is 2. The van der Waals surface area contributed by atoms with Crippen molar-refractivity contribution in [3.8, 4) is 11.1 Å². The second-order valence-electron chi connectivity index (χ2n) is 9.12. The van der Waals surface area contributed by atoms with E-state index in [9.17, 15) is 9.59 Å². The van der Waals surface area contributed by atoms with Gasteiger partial charge >= 0.3 is 6.03 Å². The molecule has 0 aromatic heterocycles. The maximum absolute atomic E-state index is 12.5. The van der Waals surface area contributed by atoms with Crippen molar-refractivity contribution in [2.75, 3.05) is 48.4 Å². The van der Waals surface area contributed by atoms with Crippen LogP contribution >= 0.6 is 11.9 Å². The lowest BCUT2D eigenvalue weighted by atomic mass is 10.0. The highest BCUT2D eigenvalue weighted by Gasteiger charge is 2.10. The molecule has 0 saturated carbocycles. The van der Waals surface area contributed by atoms with E-state index in [1.54, 1.807) is 19.0 Å². The van der Waals surface area contributed by atoms with E-state index >= 15 is 0 Å². The van der Waals surface area contributed by atoms with E-state index < -0.39 is 0 Å². The van der Waals surface area contributed by atoms with Gasteiger partial charge in [-0.05, 0) is 83.7 Å². The summed E-state index contributed by atoms with van der Waals surface area (Å²) in [5.74, 6) is -0.0247. The molecule has 3 amide bonds. The summed E-state index contributed by atoms with van der Waals surface area (Å²) in [6.07, 6.45) is 0. The molecule has 3 N–H and O–H groups in total. The van der Waals surface area contributed by atoms with E-state index in [0.29, 0.717) is 11.3 Å². The van der Waals surface area contributed by atoms with Gasteiger partial charge in [0.05, 0.1) is 0 Å². The largest absolute Gasteiger partial charge is 0.378 e. The van der Waals surface area contributed by atoms with Crippen molar-refractivity contribution in [1.29, 1.82) is 0 Å². The molecule has 4 rings (SSSR count). The lowest BCUT2D eigenvalue weighted by molar-refractivity contribution is 0.0827. The Morgan fingerprint density at radius 1 is 0.658 bits per heavy atom. The van der Waals surface area contributed by atoms with Gasteiger partial charge in [0.1, 0.15) is 0 Å². The Morgan fingerprint density at radius 2 is 1.26 bits per heavy atom. The molecule has 0 spiro atoms. The third-order valence-electron chi connectivity index (χ3n) is 5.71.